The molecular weight excluding hydrogens is 348 g/mol. The number of nitrogens with zero attached hydrogens (tertiary/aromatic N) is 2. The zero-order valence-electron chi connectivity index (χ0n) is 16.6. The maximum Gasteiger partial charge on any atom is 0.224 e. The van der Waals surface area contributed by atoms with Gasteiger partial charge in [0, 0.05) is 5.71 Å². The van der Waals surface area contributed by atoms with Crippen LogP contribution in [0.15, 0.2) is 82.8 Å². The third-order valence-corrected chi connectivity index (χ3v) is 4.44. The SMILES string of the molecule is COC(=Nc1ccc(N=C(C)c2ccccc2C)cc1)c1ccccc1OC. The topological polar surface area (TPSA) is 43.2 Å². The lowest BCUT2D eigenvalue weighted by Gasteiger charge is -2.10. The largest absolute Gasteiger partial charge is 0.496 e. The number of hydrogen-bond donors (Lipinski definition) is 0. The van der Waals surface area contributed by atoms with Crippen molar-refractivity contribution in [1.29, 1.82) is 0 Å². The lowest BCUT2D eigenvalue weighted by molar-refractivity contribution is 0.390. The Balaban J connectivity index is 1.87. The molecule has 0 radical (unpaired) electrons. The molecule has 3 aromatic rings. The average Bonchev–Trinajstić information content (AvgIpc) is 2.73. The Morgan fingerprint density at radius 2 is 1.29 bits per heavy atom. The molecule has 0 unspecified atom stereocenters. The summed E-state index contributed by atoms with van der Waals surface area (Å²) in [5.74, 6) is 1.22. The summed E-state index contributed by atoms with van der Waals surface area (Å²) in [6.07, 6.45) is 0. The highest BCUT2D eigenvalue weighted by atomic mass is 16.5. The van der Waals surface area contributed by atoms with Crippen LogP contribution in [0.5, 0.6) is 5.75 Å². The van der Waals surface area contributed by atoms with Crippen LogP contribution in [-0.4, -0.2) is 25.8 Å². The molecule has 0 N–H and O–H groups in total. The van der Waals surface area contributed by atoms with Gasteiger partial charge >= 0.3 is 0 Å². The van der Waals surface area contributed by atoms with Crippen molar-refractivity contribution in [2.24, 2.45) is 9.98 Å². The van der Waals surface area contributed by atoms with E-state index in [1.165, 1.54) is 5.56 Å². The first-order chi connectivity index (χ1) is 13.6. The molecule has 0 fully saturated rings. The number of ether oxygens (including phenoxy) is 2. The fourth-order valence-electron chi connectivity index (χ4n) is 2.99. The van der Waals surface area contributed by atoms with E-state index in [0.29, 0.717) is 5.90 Å². The van der Waals surface area contributed by atoms with Gasteiger partial charge in [-0.25, -0.2) is 4.99 Å². The molecule has 142 valence electrons. The van der Waals surface area contributed by atoms with Gasteiger partial charge in [-0.3, -0.25) is 4.99 Å². The highest BCUT2D eigenvalue weighted by Gasteiger charge is 2.10. The van der Waals surface area contributed by atoms with E-state index in [4.69, 9.17) is 14.5 Å². The van der Waals surface area contributed by atoms with Crippen molar-refractivity contribution in [1.82, 2.24) is 0 Å². The fraction of sp³-hybridized carbons (Fsp3) is 0.167. The predicted molar refractivity (Wildman–Crippen MR) is 116 cm³/mol. The Bertz CT molecular complexity index is 1010. The van der Waals surface area contributed by atoms with Gasteiger partial charge in [-0.15, -0.1) is 0 Å². The average molecular weight is 372 g/mol. The predicted octanol–water partition coefficient (Wildman–Crippen LogP) is 5.87. The first-order valence-electron chi connectivity index (χ1n) is 9.10. The van der Waals surface area contributed by atoms with Gasteiger partial charge in [0.05, 0.1) is 31.2 Å². The van der Waals surface area contributed by atoms with Crippen molar-refractivity contribution in [2.75, 3.05) is 14.2 Å². The van der Waals surface area contributed by atoms with Gasteiger partial charge < -0.3 is 9.47 Å². The third kappa shape index (κ3) is 4.46. The molecule has 0 amide bonds. The number of benzene rings is 3. The maximum absolute atomic E-state index is 5.49. The summed E-state index contributed by atoms with van der Waals surface area (Å²) < 4.78 is 10.9. The summed E-state index contributed by atoms with van der Waals surface area (Å²) in [7, 11) is 3.24. The normalized spacial score (nSPS) is 12.0. The number of hydrogen-bond acceptors (Lipinski definition) is 4. The summed E-state index contributed by atoms with van der Waals surface area (Å²) in [5, 5.41) is 0. The molecule has 0 aliphatic carbocycles. The fourth-order valence-corrected chi connectivity index (χ4v) is 2.99. The number of aryl methyl sites for hydroxylation is 1. The molecule has 0 saturated heterocycles. The van der Waals surface area contributed by atoms with Crippen molar-refractivity contribution in [3.63, 3.8) is 0 Å². The van der Waals surface area contributed by atoms with Crippen LogP contribution in [0.1, 0.15) is 23.6 Å². The zero-order valence-corrected chi connectivity index (χ0v) is 16.6. The molecule has 0 heterocycles. The Morgan fingerprint density at radius 3 is 1.89 bits per heavy atom. The van der Waals surface area contributed by atoms with E-state index in [1.807, 2.05) is 67.6 Å². The van der Waals surface area contributed by atoms with Crippen LogP contribution in [-0.2, 0) is 4.74 Å². The van der Waals surface area contributed by atoms with Gasteiger partial charge in [0.25, 0.3) is 0 Å². The molecule has 0 saturated carbocycles. The second-order valence-electron chi connectivity index (χ2n) is 6.35. The van der Waals surface area contributed by atoms with Crippen LogP contribution in [0.4, 0.5) is 11.4 Å². The van der Waals surface area contributed by atoms with Crippen molar-refractivity contribution >= 4 is 23.0 Å². The Labute approximate surface area is 166 Å². The monoisotopic (exact) mass is 372 g/mol. The number of aliphatic imine (C=N–C) groups is 2. The minimum absolute atomic E-state index is 0.504. The molecule has 4 nitrogen and oxygen atoms in total. The van der Waals surface area contributed by atoms with Crippen LogP contribution >= 0.6 is 0 Å². The molecule has 0 atom stereocenters. The Hall–Kier alpha value is -3.40. The Kier molecular flexibility index (Phi) is 6.22. The van der Waals surface area contributed by atoms with Crippen molar-refractivity contribution in [3.8, 4) is 5.75 Å². The number of methoxy groups -OCH3 is 2. The second-order valence-corrected chi connectivity index (χ2v) is 6.35. The zero-order chi connectivity index (χ0) is 19.9. The number of para-hydroxylation sites is 1. The summed E-state index contributed by atoms with van der Waals surface area (Å²) >= 11 is 0. The van der Waals surface area contributed by atoms with E-state index in [9.17, 15) is 0 Å². The minimum atomic E-state index is 0.504. The van der Waals surface area contributed by atoms with Gasteiger partial charge in [-0.1, -0.05) is 36.4 Å². The summed E-state index contributed by atoms with van der Waals surface area (Å²) in [6.45, 7) is 4.12. The van der Waals surface area contributed by atoms with Crippen molar-refractivity contribution in [3.05, 3.63) is 89.5 Å². The van der Waals surface area contributed by atoms with Crippen LogP contribution in [0.25, 0.3) is 0 Å². The van der Waals surface area contributed by atoms with Gasteiger partial charge in [0.15, 0.2) is 0 Å². The molecule has 4 heteroatoms. The Morgan fingerprint density at radius 1 is 0.714 bits per heavy atom. The first-order valence-corrected chi connectivity index (χ1v) is 9.10. The first kappa shape index (κ1) is 19.4. The van der Waals surface area contributed by atoms with Crippen molar-refractivity contribution in [2.45, 2.75) is 13.8 Å². The lowest BCUT2D eigenvalue weighted by Crippen LogP contribution is -2.05. The highest BCUT2D eigenvalue weighted by Crippen LogP contribution is 2.24. The van der Waals surface area contributed by atoms with Crippen LogP contribution < -0.4 is 4.74 Å². The highest BCUT2D eigenvalue weighted by molar-refractivity contribution is 6.01. The van der Waals surface area contributed by atoms with E-state index >= 15 is 0 Å². The quantitative estimate of drug-likeness (QED) is 0.415. The van der Waals surface area contributed by atoms with Crippen molar-refractivity contribution < 1.29 is 9.47 Å². The molecule has 0 aliphatic rings. The molecule has 0 aliphatic heterocycles. The van der Waals surface area contributed by atoms with E-state index in [2.05, 4.69) is 24.0 Å². The smallest absolute Gasteiger partial charge is 0.224 e. The summed E-state index contributed by atoms with van der Waals surface area (Å²) in [5.41, 5.74) is 5.84. The summed E-state index contributed by atoms with van der Waals surface area (Å²) in [6, 6.07) is 23.7. The van der Waals surface area contributed by atoms with Crippen LogP contribution in [0.2, 0.25) is 0 Å². The molecule has 3 aromatic carbocycles. The van der Waals surface area contributed by atoms with Gasteiger partial charge in [0.2, 0.25) is 5.90 Å². The summed E-state index contributed by atoms with van der Waals surface area (Å²) in [4.78, 5) is 9.35. The van der Waals surface area contributed by atoms with Gasteiger partial charge in [0.1, 0.15) is 5.75 Å². The number of rotatable bonds is 5. The standard InChI is InChI=1S/C24H24N2O2/c1-17-9-5-6-10-21(17)18(2)25-19-13-15-20(16-14-19)26-24(28-4)22-11-7-8-12-23(22)27-3/h5-16H,1-4H3. The molecule has 3 rings (SSSR count). The molecule has 28 heavy (non-hydrogen) atoms. The van der Waals surface area contributed by atoms with Crippen LogP contribution in [0, 0.1) is 6.92 Å². The van der Waals surface area contributed by atoms with Crippen LogP contribution in [0.3, 0.4) is 0 Å². The van der Waals surface area contributed by atoms with E-state index in [1.54, 1.807) is 14.2 Å². The minimum Gasteiger partial charge on any atom is -0.496 e. The van der Waals surface area contributed by atoms with Gasteiger partial charge in [-0.2, -0.15) is 0 Å². The van der Waals surface area contributed by atoms with E-state index < -0.39 is 0 Å². The molecular formula is C24H24N2O2. The molecule has 0 bridgehead atoms. The second kappa shape index (κ2) is 9.00. The lowest BCUT2D eigenvalue weighted by atomic mass is 10.1. The van der Waals surface area contributed by atoms with Gasteiger partial charge in [-0.05, 0) is 61.4 Å². The molecule has 0 spiro atoms. The maximum atomic E-state index is 5.49. The molecule has 0 aromatic heterocycles. The van der Waals surface area contributed by atoms with E-state index in [0.717, 1.165) is 34.0 Å². The third-order valence-electron chi connectivity index (χ3n) is 4.44. The van der Waals surface area contributed by atoms with E-state index in [-0.39, 0.29) is 0 Å².